The second-order valence-corrected chi connectivity index (χ2v) is 7.66. The molecule has 1 N–H and O–H groups in total. The van der Waals surface area contributed by atoms with Crippen molar-refractivity contribution < 1.29 is 12.8 Å². The summed E-state index contributed by atoms with van der Waals surface area (Å²) >= 11 is 0. The number of sulfone groups is 1. The molecule has 0 bridgehead atoms. The second kappa shape index (κ2) is 4.79. The van der Waals surface area contributed by atoms with E-state index in [1.54, 1.807) is 6.26 Å². The molecule has 19 heavy (non-hydrogen) atoms. The second-order valence-electron chi connectivity index (χ2n) is 5.43. The average Bonchev–Trinajstić information content (AvgIpc) is 3.04. The number of rotatable bonds is 4. The van der Waals surface area contributed by atoms with Crippen molar-refractivity contribution in [2.75, 3.05) is 23.0 Å². The number of oxazole rings is 1. The summed E-state index contributed by atoms with van der Waals surface area (Å²) < 4.78 is 28.6. The fourth-order valence-corrected chi connectivity index (χ4v) is 3.89. The van der Waals surface area contributed by atoms with Gasteiger partial charge >= 0.3 is 0 Å². The molecule has 3 rings (SSSR count). The largest absolute Gasteiger partial charge is 0.432 e. The Morgan fingerprint density at radius 1 is 1.53 bits per heavy atom. The first-order chi connectivity index (χ1) is 9.03. The molecule has 6 nitrogen and oxygen atoms in total. The number of nitrogens with one attached hydrogen (secondary N) is 1. The molecule has 1 aromatic heterocycles. The van der Waals surface area contributed by atoms with Crippen LogP contribution in [0, 0.1) is 0 Å². The molecule has 1 aromatic rings. The highest BCUT2D eigenvalue weighted by molar-refractivity contribution is 7.91. The quantitative estimate of drug-likeness (QED) is 0.870. The smallest absolute Gasteiger partial charge is 0.297 e. The minimum Gasteiger partial charge on any atom is -0.432 e. The molecule has 0 radical (unpaired) electrons. The molecule has 0 aromatic carbocycles. The van der Waals surface area contributed by atoms with Crippen molar-refractivity contribution in [1.82, 2.24) is 10.3 Å². The first-order valence-electron chi connectivity index (χ1n) is 6.68. The molecule has 1 aliphatic heterocycles. The predicted octanol–water partition coefficient (Wildman–Crippen LogP) is 0.550. The number of aromatic nitrogens is 1. The van der Waals surface area contributed by atoms with Crippen molar-refractivity contribution in [3.63, 3.8) is 0 Å². The number of hydrogen-bond acceptors (Lipinski definition) is 6. The Hall–Kier alpha value is -1.08. The molecule has 1 unspecified atom stereocenters. The highest BCUT2D eigenvalue weighted by Crippen LogP contribution is 2.22. The van der Waals surface area contributed by atoms with Crippen LogP contribution in [0.5, 0.6) is 0 Å². The summed E-state index contributed by atoms with van der Waals surface area (Å²) in [6.45, 7) is 3.07. The van der Waals surface area contributed by atoms with E-state index in [2.05, 4.69) is 10.3 Å². The van der Waals surface area contributed by atoms with Gasteiger partial charge in [0.1, 0.15) is 6.26 Å². The van der Waals surface area contributed by atoms with Gasteiger partial charge in [-0.2, -0.15) is 4.98 Å². The van der Waals surface area contributed by atoms with Gasteiger partial charge in [0.2, 0.25) is 0 Å². The zero-order chi connectivity index (χ0) is 13.5. The molecule has 0 amide bonds. The van der Waals surface area contributed by atoms with E-state index in [1.165, 1.54) is 12.8 Å². The van der Waals surface area contributed by atoms with Crippen molar-refractivity contribution in [2.45, 2.75) is 38.4 Å². The Labute approximate surface area is 113 Å². The van der Waals surface area contributed by atoms with Crippen LogP contribution in [0.15, 0.2) is 10.7 Å². The molecular formula is C12H19N3O3S. The third kappa shape index (κ3) is 3.09. The molecule has 1 saturated heterocycles. The van der Waals surface area contributed by atoms with Gasteiger partial charge in [0.05, 0.1) is 17.2 Å². The zero-order valence-corrected chi connectivity index (χ0v) is 11.8. The summed E-state index contributed by atoms with van der Waals surface area (Å²) in [5.74, 6) is 0.348. The van der Waals surface area contributed by atoms with E-state index < -0.39 is 9.84 Å². The maximum Gasteiger partial charge on any atom is 0.297 e. The summed E-state index contributed by atoms with van der Waals surface area (Å²) in [5, 5.41) is 3.38. The van der Waals surface area contributed by atoms with Crippen LogP contribution in [0.4, 0.5) is 6.01 Å². The monoisotopic (exact) mass is 285 g/mol. The van der Waals surface area contributed by atoms with Gasteiger partial charge in [-0.15, -0.1) is 0 Å². The van der Waals surface area contributed by atoms with E-state index in [9.17, 15) is 8.42 Å². The highest BCUT2D eigenvalue weighted by Gasteiger charge is 2.30. The summed E-state index contributed by atoms with van der Waals surface area (Å²) in [6.07, 6.45) is 4.14. The van der Waals surface area contributed by atoms with E-state index in [-0.39, 0.29) is 17.5 Å². The molecule has 1 saturated carbocycles. The van der Waals surface area contributed by atoms with E-state index in [4.69, 9.17) is 4.42 Å². The summed E-state index contributed by atoms with van der Waals surface area (Å²) in [4.78, 5) is 6.37. The Balaban J connectivity index is 1.64. The maximum absolute atomic E-state index is 11.5. The van der Waals surface area contributed by atoms with Crippen molar-refractivity contribution in [3.05, 3.63) is 12.0 Å². The van der Waals surface area contributed by atoms with Crippen LogP contribution < -0.4 is 10.2 Å². The summed E-state index contributed by atoms with van der Waals surface area (Å²) in [7, 11) is -2.90. The molecule has 7 heteroatoms. The number of hydrogen-bond donors (Lipinski definition) is 1. The van der Waals surface area contributed by atoms with Gasteiger partial charge in [-0.1, -0.05) is 0 Å². The van der Waals surface area contributed by atoms with Crippen LogP contribution in [0.25, 0.3) is 0 Å². The zero-order valence-electron chi connectivity index (χ0n) is 11.0. The lowest BCUT2D eigenvalue weighted by molar-refractivity contribution is 0.503. The predicted molar refractivity (Wildman–Crippen MR) is 71.8 cm³/mol. The van der Waals surface area contributed by atoms with Crippen molar-refractivity contribution in [3.8, 4) is 0 Å². The van der Waals surface area contributed by atoms with Crippen molar-refractivity contribution >= 4 is 15.9 Å². The minimum absolute atomic E-state index is 0.0818. The molecule has 106 valence electrons. The van der Waals surface area contributed by atoms with E-state index in [0.29, 0.717) is 25.1 Å². The number of nitrogens with zero attached hydrogens (tertiary/aromatic N) is 2. The minimum atomic E-state index is -2.90. The van der Waals surface area contributed by atoms with E-state index >= 15 is 0 Å². The molecular weight excluding hydrogens is 266 g/mol. The molecule has 2 aliphatic rings. The molecule has 1 atom stereocenters. The summed E-state index contributed by atoms with van der Waals surface area (Å²) in [6, 6.07) is 1.09. The fraction of sp³-hybridized carbons (Fsp3) is 0.750. The van der Waals surface area contributed by atoms with Gasteiger partial charge < -0.3 is 14.6 Å². The van der Waals surface area contributed by atoms with Crippen LogP contribution in [0.3, 0.4) is 0 Å². The number of anilines is 1. The third-order valence-electron chi connectivity index (χ3n) is 3.60. The van der Waals surface area contributed by atoms with Gasteiger partial charge in [-0.05, 0) is 19.8 Å². The van der Waals surface area contributed by atoms with Crippen molar-refractivity contribution in [2.24, 2.45) is 0 Å². The standard InChI is InChI=1S/C12H19N3O3S/c1-9-8-19(16,17)5-4-15(9)12-14-11(7-18-12)6-13-10-2-3-10/h7,9-10,13H,2-6,8H2,1H3. The van der Waals surface area contributed by atoms with Gasteiger partial charge in [0.15, 0.2) is 9.84 Å². The lowest BCUT2D eigenvalue weighted by Gasteiger charge is -2.31. The lowest BCUT2D eigenvalue weighted by Crippen LogP contribution is -2.47. The van der Waals surface area contributed by atoms with E-state index in [0.717, 1.165) is 5.69 Å². The van der Waals surface area contributed by atoms with Crippen LogP contribution in [0.1, 0.15) is 25.5 Å². The fourth-order valence-electron chi connectivity index (χ4n) is 2.33. The first kappa shape index (κ1) is 12.9. The lowest BCUT2D eigenvalue weighted by atomic mass is 10.3. The normalized spacial score (nSPS) is 26.6. The van der Waals surface area contributed by atoms with Crippen LogP contribution in [-0.4, -0.2) is 43.5 Å². The molecule has 2 fully saturated rings. The van der Waals surface area contributed by atoms with Crippen LogP contribution in [0.2, 0.25) is 0 Å². The highest BCUT2D eigenvalue weighted by atomic mass is 32.2. The summed E-state index contributed by atoms with van der Waals surface area (Å²) in [5.41, 5.74) is 0.877. The van der Waals surface area contributed by atoms with Gasteiger partial charge in [0.25, 0.3) is 6.01 Å². The first-order valence-corrected chi connectivity index (χ1v) is 8.50. The Morgan fingerprint density at radius 3 is 3.00 bits per heavy atom. The maximum atomic E-state index is 11.5. The van der Waals surface area contributed by atoms with Crippen molar-refractivity contribution in [1.29, 1.82) is 0 Å². The average molecular weight is 285 g/mol. The molecule has 2 heterocycles. The van der Waals surface area contributed by atoms with Gasteiger partial charge in [-0.3, -0.25) is 0 Å². The molecule has 0 spiro atoms. The SMILES string of the molecule is CC1CS(=O)(=O)CCN1c1nc(CNC2CC2)co1. The Morgan fingerprint density at radius 2 is 2.32 bits per heavy atom. The van der Waals surface area contributed by atoms with Crippen LogP contribution >= 0.6 is 0 Å². The van der Waals surface area contributed by atoms with Gasteiger partial charge in [-0.25, -0.2) is 8.42 Å². The molecule has 1 aliphatic carbocycles. The van der Waals surface area contributed by atoms with Crippen LogP contribution in [-0.2, 0) is 16.4 Å². The topological polar surface area (TPSA) is 75.4 Å². The Bertz CT molecular complexity index is 550. The third-order valence-corrected chi connectivity index (χ3v) is 5.40. The Kier molecular flexibility index (Phi) is 3.26. The van der Waals surface area contributed by atoms with E-state index in [1.807, 2.05) is 11.8 Å². The van der Waals surface area contributed by atoms with Gasteiger partial charge in [0, 0.05) is 25.2 Å².